The quantitative estimate of drug-likeness (QED) is 0.661. The standard InChI is InChI=1S/C11H18N2O2/c14-11(8-6-12-7-8)13-4-5-15-10-3-1-2-9(10)13/h8-10,12H,1-7H2. The van der Waals surface area contributed by atoms with Gasteiger partial charge in [0.15, 0.2) is 0 Å². The SMILES string of the molecule is O=C(C1CNC1)N1CCOC2CCCC21. The third-order valence-electron chi connectivity index (χ3n) is 3.90. The van der Waals surface area contributed by atoms with Crippen molar-refractivity contribution in [3.8, 4) is 0 Å². The maximum atomic E-state index is 12.2. The average Bonchev–Trinajstić information content (AvgIpc) is 2.61. The molecule has 4 nitrogen and oxygen atoms in total. The van der Waals surface area contributed by atoms with Crippen molar-refractivity contribution in [3.05, 3.63) is 0 Å². The lowest BCUT2D eigenvalue weighted by atomic mass is 9.99. The summed E-state index contributed by atoms with van der Waals surface area (Å²) in [7, 11) is 0. The van der Waals surface area contributed by atoms with Crippen molar-refractivity contribution < 1.29 is 9.53 Å². The number of amides is 1. The molecule has 1 amide bonds. The van der Waals surface area contributed by atoms with Crippen molar-refractivity contribution >= 4 is 5.91 Å². The minimum atomic E-state index is 0.240. The maximum Gasteiger partial charge on any atom is 0.228 e. The van der Waals surface area contributed by atoms with Crippen molar-refractivity contribution in [2.75, 3.05) is 26.2 Å². The summed E-state index contributed by atoms with van der Waals surface area (Å²) in [6.45, 7) is 3.27. The molecule has 2 heterocycles. The Bertz CT molecular complexity index is 265. The van der Waals surface area contributed by atoms with Crippen LogP contribution < -0.4 is 5.32 Å². The lowest BCUT2D eigenvalue weighted by Crippen LogP contribution is -2.58. The van der Waals surface area contributed by atoms with Crippen molar-refractivity contribution in [2.24, 2.45) is 5.92 Å². The Morgan fingerprint density at radius 1 is 1.33 bits per heavy atom. The summed E-state index contributed by atoms with van der Waals surface area (Å²) in [4.78, 5) is 14.2. The molecule has 2 atom stereocenters. The minimum absolute atomic E-state index is 0.240. The molecule has 2 aliphatic heterocycles. The molecular formula is C11H18N2O2. The van der Waals surface area contributed by atoms with Gasteiger partial charge >= 0.3 is 0 Å². The highest BCUT2D eigenvalue weighted by Crippen LogP contribution is 2.30. The summed E-state index contributed by atoms with van der Waals surface area (Å²) in [6.07, 6.45) is 3.81. The van der Waals surface area contributed by atoms with Crippen molar-refractivity contribution in [1.82, 2.24) is 10.2 Å². The molecule has 2 unspecified atom stereocenters. The molecule has 4 heteroatoms. The van der Waals surface area contributed by atoms with Gasteiger partial charge in [0.2, 0.25) is 5.91 Å². The van der Waals surface area contributed by atoms with E-state index in [4.69, 9.17) is 4.74 Å². The molecule has 0 bridgehead atoms. The number of hydrogen-bond donors (Lipinski definition) is 1. The van der Waals surface area contributed by atoms with Crippen molar-refractivity contribution in [1.29, 1.82) is 0 Å². The summed E-state index contributed by atoms with van der Waals surface area (Å²) in [6, 6.07) is 0.381. The molecule has 0 aromatic carbocycles. The van der Waals surface area contributed by atoms with Crippen LogP contribution in [-0.4, -0.2) is 49.2 Å². The molecule has 0 spiro atoms. The van der Waals surface area contributed by atoms with Crippen LogP contribution in [0.5, 0.6) is 0 Å². The number of nitrogens with one attached hydrogen (secondary N) is 1. The first kappa shape index (κ1) is 9.60. The van der Waals surface area contributed by atoms with Crippen molar-refractivity contribution in [3.63, 3.8) is 0 Å². The monoisotopic (exact) mass is 210 g/mol. The van der Waals surface area contributed by atoms with E-state index in [2.05, 4.69) is 10.2 Å². The topological polar surface area (TPSA) is 41.6 Å². The first-order valence-corrected chi connectivity index (χ1v) is 5.99. The van der Waals surface area contributed by atoms with Crippen molar-refractivity contribution in [2.45, 2.75) is 31.4 Å². The molecule has 3 aliphatic rings. The molecule has 2 saturated heterocycles. The Morgan fingerprint density at radius 2 is 2.20 bits per heavy atom. The second-order valence-electron chi connectivity index (χ2n) is 4.79. The zero-order chi connectivity index (χ0) is 10.3. The van der Waals surface area contributed by atoms with Gasteiger partial charge in [-0.15, -0.1) is 0 Å². The normalized spacial score (nSPS) is 36.1. The van der Waals surface area contributed by atoms with Gasteiger partial charge in [0.25, 0.3) is 0 Å². The first-order valence-electron chi connectivity index (χ1n) is 5.99. The lowest BCUT2D eigenvalue weighted by molar-refractivity contribution is -0.149. The van der Waals surface area contributed by atoms with Crippen LogP contribution in [0.1, 0.15) is 19.3 Å². The van der Waals surface area contributed by atoms with Gasteiger partial charge in [-0.1, -0.05) is 0 Å². The van der Waals surface area contributed by atoms with Gasteiger partial charge in [0, 0.05) is 19.6 Å². The molecule has 0 radical (unpaired) electrons. The highest BCUT2D eigenvalue weighted by molar-refractivity contribution is 5.80. The fourth-order valence-electron chi connectivity index (χ4n) is 2.90. The fraction of sp³-hybridized carbons (Fsp3) is 0.909. The predicted molar refractivity (Wildman–Crippen MR) is 55.5 cm³/mol. The van der Waals surface area contributed by atoms with Crippen LogP contribution in [0.25, 0.3) is 0 Å². The van der Waals surface area contributed by atoms with E-state index in [-0.39, 0.29) is 5.92 Å². The number of fused-ring (bicyclic) bond motifs is 1. The minimum Gasteiger partial charge on any atom is -0.374 e. The molecule has 84 valence electrons. The van der Waals surface area contributed by atoms with E-state index in [1.165, 1.54) is 6.42 Å². The average molecular weight is 210 g/mol. The molecule has 0 aromatic rings. The van der Waals surface area contributed by atoms with Crippen LogP contribution >= 0.6 is 0 Å². The third kappa shape index (κ3) is 1.56. The summed E-state index contributed by atoms with van der Waals surface area (Å²) >= 11 is 0. The molecule has 1 N–H and O–H groups in total. The second kappa shape index (κ2) is 3.76. The van der Waals surface area contributed by atoms with Gasteiger partial charge in [-0.05, 0) is 19.3 Å². The Labute approximate surface area is 90.0 Å². The number of rotatable bonds is 1. The van der Waals surface area contributed by atoms with E-state index in [1.54, 1.807) is 0 Å². The van der Waals surface area contributed by atoms with E-state index in [0.29, 0.717) is 18.1 Å². The van der Waals surface area contributed by atoms with Crippen LogP contribution in [0.4, 0.5) is 0 Å². The summed E-state index contributed by atoms with van der Waals surface area (Å²) in [5.74, 6) is 0.596. The predicted octanol–water partition coefficient (Wildman–Crippen LogP) is -0.0143. The molecule has 1 saturated carbocycles. The molecule has 15 heavy (non-hydrogen) atoms. The number of morpholine rings is 1. The molecule has 3 fully saturated rings. The summed E-state index contributed by atoms with van der Waals surface area (Å²) in [5.41, 5.74) is 0. The number of ether oxygens (including phenoxy) is 1. The van der Waals surface area contributed by atoms with Gasteiger partial charge < -0.3 is 15.0 Å². The van der Waals surface area contributed by atoms with Crippen LogP contribution in [-0.2, 0) is 9.53 Å². The third-order valence-corrected chi connectivity index (χ3v) is 3.90. The van der Waals surface area contributed by atoms with Gasteiger partial charge in [-0.2, -0.15) is 0 Å². The first-order chi connectivity index (χ1) is 7.36. The summed E-state index contributed by atoms with van der Waals surface area (Å²) in [5, 5.41) is 3.16. The van der Waals surface area contributed by atoms with Crippen LogP contribution in [0.15, 0.2) is 0 Å². The Kier molecular flexibility index (Phi) is 2.41. The van der Waals surface area contributed by atoms with Gasteiger partial charge in [0.05, 0.1) is 24.7 Å². The molecule has 1 aliphatic carbocycles. The Hall–Kier alpha value is -0.610. The molecule has 3 rings (SSSR count). The summed E-state index contributed by atoms with van der Waals surface area (Å²) < 4.78 is 5.70. The largest absolute Gasteiger partial charge is 0.374 e. The smallest absolute Gasteiger partial charge is 0.228 e. The number of nitrogens with zero attached hydrogens (tertiary/aromatic N) is 1. The fourth-order valence-corrected chi connectivity index (χ4v) is 2.90. The van der Waals surface area contributed by atoms with Crippen LogP contribution in [0.2, 0.25) is 0 Å². The number of carbonyl (C=O) groups is 1. The second-order valence-corrected chi connectivity index (χ2v) is 4.79. The highest BCUT2D eigenvalue weighted by Gasteiger charge is 2.41. The van der Waals surface area contributed by atoms with E-state index in [9.17, 15) is 4.79 Å². The number of hydrogen-bond acceptors (Lipinski definition) is 3. The van der Waals surface area contributed by atoms with Crippen LogP contribution in [0, 0.1) is 5.92 Å². The zero-order valence-corrected chi connectivity index (χ0v) is 8.95. The van der Waals surface area contributed by atoms with E-state index in [1.807, 2.05) is 0 Å². The number of carbonyl (C=O) groups excluding carboxylic acids is 1. The Morgan fingerprint density at radius 3 is 2.93 bits per heavy atom. The molecule has 0 aromatic heterocycles. The lowest BCUT2D eigenvalue weighted by Gasteiger charge is -2.41. The van der Waals surface area contributed by atoms with E-state index >= 15 is 0 Å². The molecular weight excluding hydrogens is 192 g/mol. The Balaban J connectivity index is 1.70. The van der Waals surface area contributed by atoms with Gasteiger partial charge in [0.1, 0.15) is 0 Å². The van der Waals surface area contributed by atoms with E-state index in [0.717, 1.165) is 39.1 Å². The van der Waals surface area contributed by atoms with Gasteiger partial charge in [-0.3, -0.25) is 4.79 Å². The van der Waals surface area contributed by atoms with Gasteiger partial charge in [-0.25, -0.2) is 0 Å². The maximum absolute atomic E-state index is 12.2. The zero-order valence-electron chi connectivity index (χ0n) is 8.95. The van der Waals surface area contributed by atoms with Crippen LogP contribution in [0.3, 0.4) is 0 Å². The van der Waals surface area contributed by atoms with E-state index < -0.39 is 0 Å². The highest BCUT2D eigenvalue weighted by atomic mass is 16.5.